The zero-order chi connectivity index (χ0) is 21.4. The third-order valence-corrected chi connectivity index (χ3v) is 4.66. The number of rotatable bonds is 5. The number of carbonyl (C=O) groups excluding carboxylic acids is 1. The highest BCUT2D eigenvalue weighted by Crippen LogP contribution is 2.14. The number of likely N-dealkylation sites (tertiary alicyclic amines) is 1. The number of hydrogen-bond acceptors (Lipinski definition) is 4. The van der Waals surface area contributed by atoms with Crippen LogP contribution in [0.2, 0.25) is 0 Å². The van der Waals surface area contributed by atoms with Gasteiger partial charge in [0.25, 0.3) is 0 Å². The lowest BCUT2D eigenvalue weighted by atomic mass is 10.1. The number of aliphatic hydroxyl groups excluding tert-OH is 1. The lowest BCUT2D eigenvalue weighted by molar-refractivity contribution is 0.0285. The van der Waals surface area contributed by atoms with Crippen molar-refractivity contribution < 1.29 is 14.6 Å². The maximum absolute atomic E-state index is 12.1. The van der Waals surface area contributed by atoms with E-state index in [2.05, 4.69) is 17.1 Å². The Morgan fingerprint density at radius 3 is 2.38 bits per heavy atom. The summed E-state index contributed by atoms with van der Waals surface area (Å²) in [5.41, 5.74) is 1.66. The number of aliphatic imine (C=N–C) groups is 1. The van der Waals surface area contributed by atoms with Gasteiger partial charge in [0.15, 0.2) is 5.96 Å². The normalized spacial score (nSPS) is 15.9. The number of nitrogens with one attached hydrogen (secondary N) is 1. The molecule has 1 aromatic carbocycles. The Labute approximate surface area is 174 Å². The molecule has 2 N–H and O–H groups in total. The van der Waals surface area contributed by atoms with E-state index in [-0.39, 0.29) is 12.2 Å². The molecule has 1 heterocycles. The van der Waals surface area contributed by atoms with Crippen molar-refractivity contribution in [3.05, 3.63) is 35.4 Å². The maximum Gasteiger partial charge on any atom is 0.410 e. The van der Waals surface area contributed by atoms with Crippen LogP contribution in [-0.4, -0.2) is 65.3 Å². The Kier molecular flexibility index (Phi) is 8.32. The first-order chi connectivity index (χ1) is 13.7. The van der Waals surface area contributed by atoms with E-state index in [1.807, 2.05) is 45.0 Å². The summed E-state index contributed by atoms with van der Waals surface area (Å²) in [6.07, 6.45) is 1.04. The van der Waals surface area contributed by atoms with Crippen LogP contribution in [0.1, 0.15) is 51.7 Å². The van der Waals surface area contributed by atoms with Crippen molar-refractivity contribution in [3.63, 3.8) is 0 Å². The lowest BCUT2D eigenvalue weighted by Gasteiger charge is -2.32. The lowest BCUT2D eigenvalue weighted by Crippen LogP contribution is -2.46. The number of benzene rings is 1. The van der Waals surface area contributed by atoms with Gasteiger partial charge in [-0.25, -0.2) is 9.79 Å². The van der Waals surface area contributed by atoms with Crippen LogP contribution in [0.5, 0.6) is 0 Å². The molecule has 1 aliphatic heterocycles. The highest BCUT2D eigenvalue weighted by Gasteiger charge is 2.20. The third-order valence-electron chi connectivity index (χ3n) is 4.66. The maximum atomic E-state index is 12.1. The van der Waals surface area contributed by atoms with Crippen LogP contribution in [0.25, 0.3) is 0 Å². The number of aliphatic hydroxyl groups is 1. The van der Waals surface area contributed by atoms with Crippen LogP contribution in [-0.2, 0) is 17.8 Å². The summed E-state index contributed by atoms with van der Waals surface area (Å²) in [7, 11) is 1.74. The van der Waals surface area contributed by atoms with Gasteiger partial charge in [0, 0.05) is 33.2 Å². The predicted molar refractivity (Wildman–Crippen MR) is 116 cm³/mol. The van der Waals surface area contributed by atoms with Crippen molar-refractivity contribution in [2.45, 2.75) is 65.3 Å². The van der Waals surface area contributed by atoms with E-state index in [0.29, 0.717) is 13.1 Å². The minimum Gasteiger partial charge on any atom is -0.444 e. The summed E-state index contributed by atoms with van der Waals surface area (Å²) in [5.74, 6) is 0.896. The topological polar surface area (TPSA) is 77.4 Å². The molecule has 7 nitrogen and oxygen atoms in total. The first-order valence-corrected chi connectivity index (χ1v) is 10.4. The molecule has 0 radical (unpaired) electrons. The molecule has 1 fully saturated rings. The molecule has 0 spiro atoms. The number of amides is 1. The van der Waals surface area contributed by atoms with Crippen molar-refractivity contribution in [3.8, 4) is 0 Å². The molecular formula is C22H36N4O3. The molecule has 2 rings (SSSR count). The van der Waals surface area contributed by atoms with Gasteiger partial charge < -0.3 is 25.0 Å². The smallest absolute Gasteiger partial charge is 0.410 e. The molecule has 0 atom stereocenters. The Balaban J connectivity index is 1.93. The van der Waals surface area contributed by atoms with Crippen molar-refractivity contribution in [2.75, 3.05) is 26.7 Å². The Hall–Kier alpha value is -2.28. The number of piperidine rings is 1. The molecule has 0 saturated carbocycles. The second-order valence-electron chi connectivity index (χ2n) is 8.54. The zero-order valence-electron chi connectivity index (χ0n) is 18.4. The molecule has 0 aliphatic carbocycles. The largest absolute Gasteiger partial charge is 0.444 e. The molecule has 29 heavy (non-hydrogen) atoms. The molecule has 1 aromatic rings. The van der Waals surface area contributed by atoms with E-state index in [4.69, 9.17) is 9.73 Å². The van der Waals surface area contributed by atoms with Gasteiger partial charge >= 0.3 is 6.09 Å². The second-order valence-corrected chi connectivity index (χ2v) is 8.54. The predicted octanol–water partition coefficient (Wildman–Crippen LogP) is 2.98. The van der Waals surface area contributed by atoms with E-state index in [1.54, 1.807) is 11.9 Å². The molecule has 7 heteroatoms. The summed E-state index contributed by atoms with van der Waals surface area (Å²) >= 11 is 0. The molecule has 162 valence electrons. The summed E-state index contributed by atoms with van der Waals surface area (Å²) in [6.45, 7) is 11.2. The summed E-state index contributed by atoms with van der Waals surface area (Å²) in [6, 6.07) is 8.14. The van der Waals surface area contributed by atoms with Crippen molar-refractivity contribution in [2.24, 2.45) is 4.99 Å². The number of nitrogens with zero attached hydrogens (tertiary/aromatic N) is 3. The molecule has 0 aromatic heterocycles. The van der Waals surface area contributed by atoms with Gasteiger partial charge in [-0.05, 0) is 51.7 Å². The van der Waals surface area contributed by atoms with Crippen molar-refractivity contribution in [1.82, 2.24) is 15.1 Å². The van der Waals surface area contributed by atoms with Crippen LogP contribution in [0.3, 0.4) is 0 Å². The van der Waals surface area contributed by atoms with Crippen LogP contribution in [0.4, 0.5) is 4.79 Å². The van der Waals surface area contributed by atoms with Gasteiger partial charge in [-0.15, -0.1) is 0 Å². The third kappa shape index (κ3) is 7.93. The van der Waals surface area contributed by atoms with E-state index >= 15 is 0 Å². The molecule has 1 aliphatic rings. The van der Waals surface area contributed by atoms with E-state index in [1.165, 1.54) is 0 Å². The van der Waals surface area contributed by atoms with Gasteiger partial charge in [-0.3, -0.25) is 0 Å². The van der Waals surface area contributed by atoms with Gasteiger partial charge in [-0.2, -0.15) is 0 Å². The summed E-state index contributed by atoms with van der Waals surface area (Å²) in [5, 5.41) is 13.0. The van der Waals surface area contributed by atoms with Gasteiger partial charge in [-0.1, -0.05) is 24.3 Å². The number of ether oxygens (including phenoxy) is 1. The first kappa shape index (κ1) is 23.0. The first-order valence-electron chi connectivity index (χ1n) is 10.4. The highest BCUT2D eigenvalue weighted by molar-refractivity contribution is 5.80. The van der Waals surface area contributed by atoms with Gasteiger partial charge in [0.1, 0.15) is 5.60 Å². The fourth-order valence-corrected chi connectivity index (χ4v) is 3.10. The highest BCUT2D eigenvalue weighted by atomic mass is 16.6. The molecular weight excluding hydrogens is 368 g/mol. The monoisotopic (exact) mass is 404 g/mol. The minimum atomic E-state index is -0.496. The van der Waals surface area contributed by atoms with E-state index < -0.39 is 5.60 Å². The zero-order valence-corrected chi connectivity index (χ0v) is 18.4. The fraction of sp³-hybridized carbons (Fsp3) is 0.636. The molecule has 0 unspecified atom stereocenters. The van der Waals surface area contributed by atoms with Crippen molar-refractivity contribution in [1.29, 1.82) is 0 Å². The SMILES string of the molecule is CCNC(=NCc1ccc(CN(C)C(=O)OC(C)(C)C)cc1)N1CCC(O)CC1. The molecule has 1 saturated heterocycles. The van der Waals surface area contributed by atoms with Crippen LogP contribution in [0.15, 0.2) is 29.3 Å². The number of carbonyl (C=O) groups is 1. The van der Waals surface area contributed by atoms with E-state index in [0.717, 1.165) is 49.6 Å². The molecule has 0 bridgehead atoms. The molecule has 1 amide bonds. The minimum absolute atomic E-state index is 0.194. The Morgan fingerprint density at radius 1 is 1.24 bits per heavy atom. The average molecular weight is 405 g/mol. The van der Waals surface area contributed by atoms with Gasteiger partial charge in [0.2, 0.25) is 0 Å². The quantitative estimate of drug-likeness (QED) is 0.583. The summed E-state index contributed by atoms with van der Waals surface area (Å²) in [4.78, 5) is 20.6. The Morgan fingerprint density at radius 2 is 1.83 bits per heavy atom. The number of guanidine groups is 1. The summed E-state index contributed by atoms with van der Waals surface area (Å²) < 4.78 is 5.39. The average Bonchev–Trinajstić information content (AvgIpc) is 2.65. The van der Waals surface area contributed by atoms with Gasteiger partial charge in [0.05, 0.1) is 12.6 Å². The Bertz CT molecular complexity index is 674. The van der Waals surface area contributed by atoms with Crippen LogP contribution in [0, 0.1) is 0 Å². The fourth-order valence-electron chi connectivity index (χ4n) is 3.10. The van der Waals surface area contributed by atoms with E-state index in [9.17, 15) is 9.90 Å². The van der Waals surface area contributed by atoms with Crippen LogP contribution >= 0.6 is 0 Å². The standard InChI is InChI=1S/C22H36N4O3/c1-6-23-20(26-13-11-19(27)12-14-26)24-15-17-7-9-18(10-8-17)16-25(5)21(28)29-22(2,3)4/h7-10,19,27H,6,11-16H2,1-5H3,(H,23,24). The number of hydrogen-bond donors (Lipinski definition) is 2. The van der Waals surface area contributed by atoms with Crippen molar-refractivity contribution >= 4 is 12.1 Å². The second kappa shape index (κ2) is 10.5. The van der Waals surface area contributed by atoms with Crippen LogP contribution < -0.4 is 5.32 Å².